The van der Waals surface area contributed by atoms with E-state index in [-0.39, 0.29) is 5.91 Å². The maximum Gasteiger partial charge on any atom is 0.253 e. The largest absolute Gasteiger partial charge is 0.348 e. The SMILES string of the molecule is Cc1nc2c(C(=O)NCc3ccccc3C)cccc2[nH]1. The number of nitrogens with zero attached hydrogens (tertiary/aromatic N) is 1. The van der Waals surface area contributed by atoms with Crippen molar-refractivity contribution in [1.29, 1.82) is 0 Å². The van der Waals surface area contributed by atoms with Crippen LogP contribution in [0.2, 0.25) is 0 Å². The van der Waals surface area contributed by atoms with E-state index in [0.29, 0.717) is 12.1 Å². The molecular formula is C17H17N3O. The molecule has 1 aromatic heterocycles. The van der Waals surface area contributed by atoms with Crippen LogP contribution in [0.4, 0.5) is 0 Å². The van der Waals surface area contributed by atoms with Crippen LogP contribution in [0.15, 0.2) is 42.5 Å². The number of carbonyl (C=O) groups is 1. The molecule has 0 atom stereocenters. The molecule has 4 nitrogen and oxygen atoms in total. The van der Waals surface area contributed by atoms with E-state index < -0.39 is 0 Å². The molecule has 21 heavy (non-hydrogen) atoms. The fraction of sp³-hybridized carbons (Fsp3) is 0.176. The molecule has 0 fully saturated rings. The number of carbonyl (C=O) groups excluding carboxylic acids is 1. The molecule has 3 aromatic rings. The molecule has 2 aromatic carbocycles. The third-order valence-electron chi connectivity index (χ3n) is 3.58. The summed E-state index contributed by atoms with van der Waals surface area (Å²) in [5, 5.41) is 2.96. The van der Waals surface area contributed by atoms with Crippen LogP contribution in [-0.2, 0) is 6.54 Å². The van der Waals surface area contributed by atoms with Crippen LogP contribution in [0.3, 0.4) is 0 Å². The Morgan fingerprint density at radius 3 is 2.76 bits per heavy atom. The van der Waals surface area contributed by atoms with Crippen LogP contribution >= 0.6 is 0 Å². The highest BCUT2D eigenvalue weighted by atomic mass is 16.1. The molecule has 0 saturated carbocycles. The second-order valence-corrected chi connectivity index (χ2v) is 5.13. The summed E-state index contributed by atoms with van der Waals surface area (Å²) in [6.45, 7) is 4.44. The molecule has 2 N–H and O–H groups in total. The van der Waals surface area contributed by atoms with E-state index in [4.69, 9.17) is 0 Å². The highest BCUT2D eigenvalue weighted by molar-refractivity contribution is 6.04. The topological polar surface area (TPSA) is 57.8 Å². The summed E-state index contributed by atoms with van der Waals surface area (Å²) in [5.41, 5.74) is 4.50. The lowest BCUT2D eigenvalue weighted by Gasteiger charge is -2.08. The number of nitrogens with one attached hydrogen (secondary N) is 2. The Morgan fingerprint density at radius 2 is 1.95 bits per heavy atom. The Hall–Kier alpha value is -2.62. The minimum atomic E-state index is -0.102. The molecule has 0 radical (unpaired) electrons. The molecule has 0 spiro atoms. The van der Waals surface area contributed by atoms with Crippen molar-refractivity contribution in [1.82, 2.24) is 15.3 Å². The Bertz CT molecular complexity index is 805. The zero-order valence-corrected chi connectivity index (χ0v) is 12.1. The van der Waals surface area contributed by atoms with Crippen LogP contribution in [0, 0.1) is 13.8 Å². The molecule has 3 rings (SSSR count). The Morgan fingerprint density at radius 1 is 1.14 bits per heavy atom. The summed E-state index contributed by atoms with van der Waals surface area (Å²) < 4.78 is 0. The van der Waals surface area contributed by atoms with Gasteiger partial charge in [-0.15, -0.1) is 0 Å². The minimum absolute atomic E-state index is 0.102. The van der Waals surface area contributed by atoms with Crippen molar-refractivity contribution in [3.05, 3.63) is 65.0 Å². The number of imidazole rings is 1. The summed E-state index contributed by atoms with van der Waals surface area (Å²) in [4.78, 5) is 19.9. The lowest BCUT2D eigenvalue weighted by Crippen LogP contribution is -2.23. The van der Waals surface area contributed by atoms with Crippen molar-refractivity contribution in [2.75, 3.05) is 0 Å². The molecule has 0 bridgehead atoms. The number of fused-ring (bicyclic) bond motifs is 1. The van der Waals surface area contributed by atoms with Crippen LogP contribution in [0.5, 0.6) is 0 Å². The normalized spacial score (nSPS) is 10.8. The first-order chi connectivity index (χ1) is 10.1. The number of hydrogen-bond donors (Lipinski definition) is 2. The van der Waals surface area contributed by atoms with Gasteiger partial charge >= 0.3 is 0 Å². The first-order valence-electron chi connectivity index (χ1n) is 6.93. The standard InChI is InChI=1S/C17H17N3O/c1-11-6-3-4-7-13(11)10-18-17(21)14-8-5-9-15-16(14)20-12(2)19-15/h3-9H,10H2,1-2H3,(H,18,21)(H,19,20). The predicted molar refractivity (Wildman–Crippen MR) is 83.2 cm³/mol. The van der Waals surface area contributed by atoms with Gasteiger partial charge in [0.05, 0.1) is 11.1 Å². The van der Waals surface area contributed by atoms with Crippen molar-refractivity contribution in [3.8, 4) is 0 Å². The van der Waals surface area contributed by atoms with Gasteiger partial charge < -0.3 is 10.3 Å². The van der Waals surface area contributed by atoms with Gasteiger partial charge in [-0.3, -0.25) is 4.79 Å². The van der Waals surface area contributed by atoms with Crippen molar-refractivity contribution in [2.45, 2.75) is 20.4 Å². The average Bonchev–Trinajstić information content (AvgIpc) is 2.86. The first-order valence-corrected chi connectivity index (χ1v) is 6.93. The molecule has 0 saturated heterocycles. The maximum atomic E-state index is 12.4. The van der Waals surface area contributed by atoms with Crippen LogP contribution in [-0.4, -0.2) is 15.9 Å². The molecular weight excluding hydrogens is 262 g/mol. The smallest absolute Gasteiger partial charge is 0.253 e. The number of H-pyrrole nitrogens is 1. The van der Waals surface area contributed by atoms with Gasteiger partial charge in [-0.25, -0.2) is 4.98 Å². The maximum absolute atomic E-state index is 12.4. The Kier molecular flexibility index (Phi) is 3.44. The van der Waals surface area contributed by atoms with E-state index in [1.54, 1.807) is 6.07 Å². The lowest BCUT2D eigenvalue weighted by atomic mass is 10.1. The fourth-order valence-corrected chi connectivity index (χ4v) is 2.42. The molecule has 0 aliphatic carbocycles. The minimum Gasteiger partial charge on any atom is -0.348 e. The van der Waals surface area contributed by atoms with Gasteiger partial charge in [0.1, 0.15) is 11.3 Å². The Labute approximate surface area is 123 Å². The number of aryl methyl sites for hydroxylation is 2. The molecule has 0 aliphatic heterocycles. The van der Waals surface area contributed by atoms with Gasteiger partial charge in [-0.2, -0.15) is 0 Å². The van der Waals surface area contributed by atoms with E-state index in [9.17, 15) is 4.79 Å². The number of para-hydroxylation sites is 1. The zero-order valence-electron chi connectivity index (χ0n) is 12.1. The molecule has 1 amide bonds. The second kappa shape index (κ2) is 5.40. The van der Waals surface area contributed by atoms with E-state index >= 15 is 0 Å². The average molecular weight is 279 g/mol. The third kappa shape index (κ3) is 2.65. The summed E-state index contributed by atoms with van der Waals surface area (Å²) in [5.74, 6) is 0.708. The van der Waals surface area contributed by atoms with Crippen LogP contribution < -0.4 is 5.32 Å². The van der Waals surface area contributed by atoms with E-state index in [0.717, 1.165) is 22.4 Å². The summed E-state index contributed by atoms with van der Waals surface area (Å²) in [7, 11) is 0. The van der Waals surface area contributed by atoms with E-state index in [1.165, 1.54) is 5.56 Å². The van der Waals surface area contributed by atoms with E-state index in [2.05, 4.69) is 15.3 Å². The summed E-state index contributed by atoms with van der Waals surface area (Å²) in [6, 6.07) is 13.6. The molecule has 1 heterocycles. The van der Waals surface area contributed by atoms with Crippen LogP contribution in [0.25, 0.3) is 11.0 Å². The highest BCUT2D eigenvalue weighted by Crippen LogP contribution is 2.16. The first kappa shape index (κ1) is 13.4. The van der Waals surface area contributed by atoms with Gasteiger partial charge in [0.15, 0.2) is 0 Å². The van der Waals surface area contributed by atoms with Gasteiger partial charge in [-0.05, 0) is 37.1 Å². The van der Waals surface area contributed by atoms with Gasteiger partial charge in [0, 0.05) is 6.54 Å². The highest BCUT2D eigenvalue weighted by Gasteiger charge is 2.12. The summed E-state index contributed by atoms with van der Waals surface area (Å²) in [6.07, 6.45) is 0. The lowest BCUT2D eigenvalue weighted by molar-refractivity contribution is 0.0952. The second-order valence-electron chi connectivity index (χ2n) is 5.13. The number of aromatic nitrogens is 2. The van der Waals surface area contributed by atoms with Crippen molar-refractivity contribution in [3.63, 3.8) is 0 Å². The fourth-order valence-electron chi connectivity index (χ4n) is 2.42. The monoisotopic (exact) mass is 279 g/mol. The van der Waals surface area contributed by atoms with Gasteiger partial charge in [-0.1, -0.05) is 30.3 Å². The van der Waals surface area contributed by atoms with Crippen molar-refractivity contribution < 1.29 is 4.79 Å². The summed E-state index contributed by atoms with van der Waals surface area (Å²) >= 11 is 0. The van der Waals surface area contributed by atoms with Crippen LogP contribution in [0.1, 0.15) is 27.3 Å². The number of benzene rings is 2. The number of aromatic amines is 1. The molecule has 0 unspecified atom stereocenters. The number of amides is 1. The third-order valence-corrected chi connectivity index (χ3v) is 3.58. The Balaban J connectivity index is 1.83. The molecule has 106 valence electrons. The molecule has 4 heteroatoms. The molecule has 0 aliphatic rings. The zero-order chi connectivity index (χ0) is 14.8. The quantitative estimate of drug-likeness (QED) is 0.774. The van der Waals surface area contributed by atoms with E-state index in [1.807, 2.05) is 50.2 Å². The van der Waals surface area contributed by atoms with Crippen molar-refractivity contribution in [2.24, 2.45) is 0 Å². The number of hydrogen-bond acceptors (Lipinski definition) is 2. The number of rotatable bonds is 3. The van der Waals surface area contributed by atoms with Gasteiger partial charge in [0.2, 0.25) is 0 Å². The van der Waals surface area contributed by atoms with Gasteiger partial charge in [0.25, 0.3) is 5.91 Å². The predicted octanol–water partition coefficient (Wildman–Crippen LogP) is 3.11. The van der Waals surface area contributed by atoms with Crippen molar-refractivity contribution >= 4 is 16.9 Å².